The van der Waals surface area contributed by atoms with Gasteiger partial charge in [-0.15, -0.1) is 11.3 Å². The normalized spacial score (nSPS) is 12.7. The number of benzene rings is 2. The van der Waals surface area contributed by atoms with Crippen molar-refractivity contribution in [3.8, 4) is 28.8 Å². The monoisotopic (exact) mass is 365 g/mol. The number of nitriles is 1. The fourth-order valence-electron chi connectivity index (χ4n) is 2.46. The minimum Gasteiger partial charge on any atom is -0.454 e. The van der Waals surface area contributed by atoms with Crippen LogP contribution in [0.15, 0.2) is 54.0 Å². The summed E-state index contributed by atoms with van der Waals surface area (Å²) in [4.78, 5) is 4.52. The number of hydrogen-bond acceptors (Lipinski definition) is 6. The molecule has 0 radical (unpaired) electrons. The van der Waals surface area contributed by atoms with Crippen LogP contribution in [0.2, 0.25) is 0 Å². The molecule has 0 amide bonds. The first-order valence-electron chi connectivity index (χ1n) is 7.71. The van der Waals surface area contributed by atoms with Crippen LogP contribution in [0.4, 0.5) is 10.1 Å². The summed E-state index contributed by atoms with van der Waals surface area (Å²) >= 11 is 1.36. The van der Waals surface area contributed by atoms with Gasteiger partial charge < -0.3 is 14.8 Å². The summed E-state index contributed by atoms with van der Waals surface area (Å²) in [5.74, 6) is 1.04. The molecule has 128 valence electrons. The van der Waals surface area contributed by atoms with Gasteiger partial charge in [-0.05, 0) is 36.4 Å². The quantitative estimate of drug-likeness (QED) is 0.682. The van der Waals surface area contributed by atoms with Crippen molar-refractivity contribution in [1.82, 2.24) is 4.98 Å². The highest BCUT2D eigenvalue weighted by Gasteiger charge is 2.15. The van der Waals surface area contributed by atoms with Gasteiger partial charge in [-0.1, -0.05) is 6.07 Å². The van der Waals surface area contributed by atoms with E-state index in [0.29, 0.717) is 27.8 Å². The summed E-state index contributed by atoms with van der Waals surface area (Å²) < 4.78 is 23.9. The van der Waals surface area contributed by atoms with Gasteiger partial charge in [-0.2, -0.15) is 5.26 Å². The number of allylic oxidation sites excluding steroid dienone is 1. The lowest BCUT2D eigenvalue weighted by atomic mass is 10.1. The standard InChI is InChI=1S/C19H12FN3O2S/c20-14-2-1-3-15(7-14)22-9-13(8-21)19-23-16(10-26-19)12-4-5-17-18(6-12)25-11-24-17/h1-7,9-10,22H,11H2/b13-9-. The maximum absolute atomic E-state index is 13.2. The zero-order valence-electron chi connectivity index (χ0n) is 13.4. The van der Waals surface area contributed by atoms with Crippen LogP contribution in [-0.2, 0) is 0 Å². The number of ether oxygens (including phenoxy) is 2. The molecular weight excluding hydrogens is 353 g/mol. The first kappa shape index (κ1) is 16.1. The van der Waals surface area contributed by atoms with E-state index < -0.39 is 0 Å². The fraction of sp³-hybridized carbons (Fsp3) is 0.0526. The highest BCUT2D eigenvalue weighted by atomic mass is 32.1. The smallest absolute Gasteiger partial charge is 0.231 e. The Kier molecular flexibility index (Phi) is 4.25. The van der Waals surface area contributed by atoms with Crippen LogP contribution in [0.5, 0.6) is 11.5 Å². The van der Waals surface area contributed by atoms with E-state index >= 15 is 0 Å². The molecule has 0 bridgehead atoms. The largest absolute Gasteiger partial charge is 0.454 e. The van der Waals surface area contributed by atoms with E-state index in [1.54, 1.807) is 12.1 Å². The summed E-state index contributed by atoms with van der Waals surface area (Å²) in [6, 6.07) is 13.7. The van der Waals surface area contributed by atoms with Crippen molar-refractivity contribution in [1.29, 1.82) is 5.26 Å². The molecule has 0 saturated carbocycles. The van der Waals surface area contributed by atoms with Gasteiger partial charge in [0.1, 0.15) is 22.5 Å². The Morgan fingerprint density at radius 3 is 2.96 bits per heavy atom. The Morgan fingerprint density at radius 2 is 2.12 bits per heavy atom. The molecule has 2 heterocycles. The summed E-state index contributed by atoms with van der Waals surface area (Å²) in [6.07, 6.45) is 1.52. The van der Waals surface area contributed by atoms with Crippen molar-refractivity contribution in [2.75, 3.05) is 12.1 Å². The van der Waals surface area contributed by atoms with Gasteiger partial charge in [0.05, 0.1) is 5.69 Å². The van der Waals surface area contributed by atoms with Gasteiger partial charge in [0.15, 0.2) is 11.5 Å². The molecule has 2 aromatic carbocycles. The fourth-order valence-corrected chi connectivity index (χ4v) is 3.26. The molecule has 1 aliphatic rings. The molecule has 0 saturated heterocycles. The van der Waals surface area contributed by atoms with Crippen LogP contribution in [0.25, 0.3) is 16.8 Å². The molecule has 0 aliphatic carbocycles. The molecule has 5 nitrogen and oxygen atoms in total. The molecule has 0 unspecified atom stereocenters. The molecular formula is C19H12FN3O2S. The van der Waals surface area contributed by atoms with Gasteiger partial charge in [-0.25, -0.2) is 9.37 Å². The Balaban J connectivity index is 1.57. The lowest BCUT2D eigenvalue weighted by molar-refractivity contribution is 0.174. The van der Waals surface area contributed by atoms with Crippen molar-refractivity contribution in [3.05, 3.63) is 64.9 Å². The van der Waals surface area contributed by atoms with Crippen LogP contribution in [0.1, 0.15) is 5.01 Å². The molecule has 4 rings (SSSR count). The predicted molar refractivity (Wildman–Crippen MR) is 97.3 cm³/mol. The Bertz CT molecular complexity index is 1040. The van der Waals surface area contributed by atoms with Gasteiger partial charge in [0.2, 0.25) is 6.79 Å². The third-order valence-electron chi connectivity index (χ3n) is 3.73. The van der Waals surface area contributed by atoms with E-state index in [4.69, 9.17) is 9.47 Å². The van der Waals surface area contributed by atoms with Gasteiger partial charge in [0, 0.05) is 22.8 Å². The summed E-state index contributed by atoms with van der Waals surface area (Å²) in [5, 5.41) is 14.8. The van der Waals surface area contributed by atoms with Crippen LogP contribution < -0.4 is 14.8 Å². The van der Waals surface area contributed by atoms with E-state index in [1.807, 2.05) is 23.6 Å². The zero-order chi connectivity index (χ0) is 17.9. The first-order chi connectivity index (χ1) is 12.7. The lowest BCUT2D eigenvalue weighted by Crippen LogP contribution is -1.92. The van der Waals surface area contributed by atoms with Crippen molar-refractivity contribution in [2.45, 2.75) is 0 Å². The molecule has 7 heteroatoms. The number of fused-ring (bicyclic) bond motifs is 1. The molecule has 0 fully saturated rings. The van der Waals surface area contributed by atoms with Gasteiger partial charge in [0.25, 0.3) is 0 Å². The minimum atomic E-state index is -0.346. The number of hydrogen-bond donors (Lipinski definition) is 1. The number of aromatic nitrogens is 1. The van der Waals surface area contributed by atoms with Crippen molar-refractivity contribution < 1.29 is 13.9 Å². The number of halogens is 1. The molecule has 0 spiro atoms. The Morgan fingerprint density at radius 1 is 1.23 bits per heavy atom. The summed E-state index contributed by atoms with van der Waals surface area (Å²) in [5.41, 5.74) is 2.55. The van der Waals surface area contributed by atoms with Gasteiger partial charge >= 0.3 is 0 Å². The third kappa shape index (κ3) is 3.23. The Hall–Kier alpha value is -3.37. The molecule has 1 N–H and O–H groups in total. The second kappa shape index (κ2) is 6.86. The highest BCUT2D eigenvalue weighted by molar-refractivity contribution is 7.11. The maximum Gasteiger partial charge on any atom is 0.231 e. The first-order valence-corrected chi connectivity index (χ1v) is 8.59. The van der Waals surface area contributed by atoms with Crippen LogP contribution in [-0.4, -0.2) is 11.8 Å². The number of nitrogens with one attached hydrogen (secondary N) is 1. The molecule has 0 atom stereocenters. The van der Waals surface area contributed by atoms with Crippen LogP contribution in [0, 0.1) is 17.1 Å². The van der Waals surface area contributed by atoms with Crippen molar-refractivity contribution in [2.24, 2.45) is 0 Å². The second-order valence-corrected chi connectivity index (χ2v) is 6.29. The van der Waals surface area contributed by atoms with E-state index in [-0.39, 0.29) is 12.6 Å². The molecule has 26 heavy (non-hydrogen) atoms. The summed E-state index contributed by atoms with van der Waals surface area (Å²) in [7, 11) is 0. The highest BCUT2D eigenvalue weighted by Crippen LogP contribution is 2.36. The van der Waals surface area contributed by atoms with E-state index in [0.717, 1.165) is 11.3 Å². The lowest BCUT2D eigenvalue weighted by Gasteiger charge is -2.01. The minimum absolute atomic E-state index is 0.216. The number of thiazole rings is 1. The van der Waals surface area contributed by atoms with Crippen LogP contribution >= 0.6 is 11.3 Å². The topological polar surface area (TPSA) is 67.2 Å². The average Bonchev–Trinajstić information content (AvgIpc) is 3.31. The number of anilines is 1. The average molecular weight is 365 g/mol. The maximum atomic E-state index is 13.2. The SMILES string of the molecule is N#C/C(=C/Nc1cccc(F)c1)c1nc(-c2ccc3c(c2)OCO3)cs1. The number of rotatable bonds is 4. The second-order valence-electron chi connectivity index (χ2n) is 5.43. The summed E-state index contributed by atoms with van der Waals surface area (Å²) in [6.45, 7) is 0.216. The van der Waals surface area contributed by atoms with E-state index in [2.05, 4.69) is 16.4 Å². The van der Waals surface area contributed by atoms with E-state index in [1.165, 1.54) is 29.7 Å². The molecule has 1 aromatic heterocycles. The Labute approximate surface area is 153 Å². The zero-order valence-corrected chi connectivity index (χ0v) is 14.2. The number of nitrogens with zero attached hydrogens (tertiary/aromatic N) is 2. The van der Waals surface area contributed by atoms with Crippen LogP contribution in [0.3, 0.4) is 0 Å². The van der Waals surface area contributed by atoms with Crippen molar-refractivity contribution in [3.63, 3.8) is 0 Å². The van der Waals surface area contributed by atoms with Gasteiger partial charge in [-0.3, -0.25) is 0 Å². The molecule has 3 aromatic rings. The third-order valence-corrected chi connectivity index (χ3v) is 4.61. The van der Waals surface area contributed by atoms with Crippen molar-refractivity contribution >= 4 is 22.6 Å². The molecule has 1 aliphatic heterocycles. The predicted octanol–water partition coefficient (Wildman–Crippen LogP) is 4.65. The van der Waals surface area contributed by atoms with E-state index in [9.17, 15) is 9.65 Å².